The van der Waals surface area contributed by atoms with E-state index in [0.717, 1.165) is 22.1 Å². The summed E-state index contributed by atoms with van der Waals surface area (Å²) in [7, 11) is 1.93. The minimum absolute atomic E-state index is 0.533. The zero-order valence-corrected chi connectivity index (χ0v) is 11.7. The first-order chi connectivity index (χ1) is 9.13. The van der Waals surface area contributed by atoms with Gasteiger partial charge in [-0.25, -0.2) is 0 Å². The molecule has 0 radical (unpaired) electrons. The second-order valence-electron chi connectivity index (χ2n) is 4.18. The molecule has 5 heteroatoms. The van der Waals surface area contributed by atoms with Gasteiger partial charge in [0, 0.05) is 23.9 Å². The van der Waals surface area contributed by atoms with Gasteiger partial charge in [-0.3, -0.25) is 0 Å². The number of aryl methyl sites for hydroxylation is 1. The van der Waals surface area contributed by atoms with E-state index >= 15 is 0 Å². The van der Waals surface area contributed by atoms with Crippen LogP contribution in [0.4, 0.5) is 0 Å². The molecule has 0 atom stereocenters. The normalized spacial score (nSPS) is 10.2. The third-order valence-corrected chi connectivity index (χ3v) is 3.86. The Kier molecular flexibility index (Phi) is 4.03. The first-order valence-corrected chi connectivity index (χ1v) is 6.78. The third-order valence-electron chi connectivity index (χ3n) is 2.75. The Bertz CT molecular complexity index is 652. The first kappa shape index (κ1) is 13.4. The van der Waals surface area contributed by atoms with Crippen molar-refractivity contribution in [1.82, 2.24) is 14.8 Å². The molecule has 0 amide bonds. The molecule has 0 N–H and O–H groups in total. The van der Waals surface area contributed by atoms with E-state index in [0.29, 0.717) is 11.3 Å². The van der Waals surface area contributed by atoms with Crippen molar-refractivity contribution < 1.29 is 0 Å². The molecule has 0 unspecified atom stereocenters. The van der Waals surface area contributed by atoms with Crippen molar-refractivity contribution in [1.29, 1.82) is 5.26 Å². The fraction of sp³-hybridized carbons (Fsp3) is 0.214. The zero-order valence-electron chi connectivity index (χ0n) is 10.9. The summed E-state index contributed by atoms with van der Waals surface area (Å²) < 4.78 is 1.94. The maximum absolute atomic E-state index is 8.70. The Morgan fingerprint density at radius 1 is 1.42 bits per heavy atom. The van der Waals surface area contributed by atoms with E-state index in [1.165, 1.54) is 11.8 Å². The van der Waals surface area contributed by atoms with Crippen LogP contribution in [0.1, 0.15) is 5.56 Å². The van der Waals surface area contributed by atoms with Crippen LogP contribution in [0.25, 0.3) is 11.4 Å². The predicted octanol–water partition coefficient (Wildman–Crippen LogP) is 2.96. The van der Waals surface area contributed by atoms with Crippen LogP contribution in [0.3, 0.4) is 0 Å². The fourth-order valence-corrected chi connectivity index (χ4v) is 2.43. The van der Waals surface area contributed by atoms with E-state index < -0.39 is 0 Å². The van der Waals surface area contributed by atoms with Crippen molar-refractivity contribution in [2.45, 2.75) is 12.1 Å². The molecule has 0 saturated carbocycles. The van der Waals surface area contributed by atoms with Crippen LogP contribution in [0.5, 0.6) is 0 Å². The van der Waals surface area contributed by atoms with Crippen LogP contribution in [-0.4, -0.2) is 20.5 Å². The Morgan fingerprint density at radius 3 is 2.84 bits per heavy atom. The number of hydrogen-bond donors (Lipinski definition) is 0. The van der Waals surface area contributed by atoms with Crippen LogP contribution in [0.15, 0.2) is 41.6 Å². The molecule has 19 heavy (non-hydrogen) atoms. The number of aromatic nitrogens is 3. The van der Waals surface area contributed by atoms with Crippen LogP contribution in [0.2, 0.25) is 0 Å². The lowest BCUT2D eigenvalue weighted by Gasteiger charge is -2.05. The standard InChI is InChI=1S/C14H14N4S/c1-10(8-15)9-19-14-17-16-13(18(14)3)12-7-5-4-6-11(12)2/h4-7H,1,9H2,2-3H3. The summed E-state index contributed by atoms with van der Waals surface area (Å²) in [5.74, 6) is 1.37. The average molecular weight is 270 g/mol. The number of thioether (sulfide) groups is 1. The van der Waals surface area contributed by atoms with Crippen molar-refractivity contribution in [3.05, 3.63) is 42.0 Å². The highest BCUT2D eigenvalue weighted by Gasteiger charge is 2.12. The van der Waals surface area contributed by atoms with Gasteiger partial charge in [0.05, 0.1) is 6.07 Å². The maximum Gasteiger partial charge on any atom is 0.191 e. The Labute approximate surface area is 116 Å². The monoisotopic (exact) mass is 270 g/mol. The number of nitrogens with zero attached hydrogens (tertiary/aromatic N) is 4. The molecular formula is C14H14N4S. The highest BCUT2D eigenvalue weighted by molar-refractivity contribution is 7.99. The van der Waals surface area contributed by atoms with Crippen molar-refractivity contribution in [2.24, 2.45) is 7.05 Å². The predicted molar refractivity (Wildman–Crippen MR) is 76.7 cm³/mol. The Morgan fingerprint density at radius 2 is 2.16 bits per heavy atom. The first-order valence-electron chi connectivity index (χ1n) is 5.79. The van der Waals surface area contributed by atoms with Crippen LogP contribution in [0, 0.1) is 18.3 Å². The molecule has 0 fully saturated rings. The summed E-state index contributed by atoms with van der Waals surface area (Å²) in [6, 6.07) is 10.1. The second-order valence-corrected chi connectivity index (χ2v) is 5.13. The van der Waals surface area contributed by atoms with Crippen molar-refractivity contribution in [3.63, 3.8) is 0 Å². The summed E-state index contributed by atoms with van der Waals surface area (Å²) in [6.07, 6.45) is 0. The number of benzene rings is 1. The number of rotatable bonds is 4. The molecule has 96 valence electrons. The molecule has 0 bridgehead atoms. The lowest BCUT2D eigenvalue weighted by atomic mass is 10.1. The summed E-state index contributed by atoms with van der Waals surface area (Å²) in [5, 5.41) is 17.9. The van der Waals surface area contributed by atoms with E-state index in [1.807, 2.05) is 48.9 Å². The van der Waals surface area contributed by atoms with Gasteiger partial charge in [-0.05, 0) is 12.5 Å². The smallest absolute Gasteiger partial charge is 0.191 e. The summed E-state index contributed by atoms with van der Waals surface area (Å²) in [4.78, 5) is 0. The van der Waals surface area contributed by atoms with Gasteiger partial charge in [-0.1, -0.05) is 42.6 Å². The molecule has 0 aliphatic carbocycles. The summed E-state index contributed by atoms with van der Waals surface area (Å²) in [5.41, 5.74) is 2.77. The van der Waals surface area contributed by atoms with E-state index in [4.69, 9.17) is 5.26 Å². The van der Waals surface area contributed by atoms with Gasteiger partial charge in [-0.15, -0.1) is 10.2 Å². The van der Waals surface area contributed by atoms with E-state index in [-0.39, 0.29) is 0 Å². The molecule has 0 spiro atoms. The Balaban J connectivity index is 2.27. The second kappa shape index (κ2) is 5.72. The molecular weight excluding hydrogens is 256 g/mol. The molecule has 0 aliphatic heterocycles. The lowest BCUT2D eigenvalue weighted by molar-refractivity contribution is 0.794. The van der Waals surface area contributed by atoms with Crippen molar-refractivity contribution in [3.8, 4) is 17.5 Å². The third kappa shape index (κ3) is 2.85. The highest BCUT2D eigenvalue weighted by Crippen LogP contribution is 2.25. The van der Waals surface area contributed by atoms with Crippen molar-refractivity contribution >= 4 is 11.8 Å². The molecule has 2 rings (SSSR count). The summed E-state index contributed by atoms with van der Waals surface area (Å²) in [6.45, 7) is 5.71. The topological polar surface area (TPSA) is 54.5 Å². The van der Waals surface area contributed by atoms with E-state index in [1.54, 1.807) is 0 Å². The largest absolute Gasteiger partial charge is 0.305 e. The molecule has 0 saturated heterocycles. The lowest BCUT2D eigenvalue weighted by Crippen LogP contribution is -1.96. The van der Waals surface area contributed by atoms with Crippen LogP contribution < -0.4 is 0 Å². The highest BCUT2D eigenvalue weighted by atomic mass is 32.2. The fourth-order valence-electron chi connectivity index (χ4n) is 1.68. The van der Waals surface area contributed by atoms with Gasteiger partial charge in [-0.2, -0.15) is 5.26 Å². The van der Waals surface area contributed by atoms with E-state index in [2.05, 4.69) is 16.8 Å². The quantitative estimate of drug-likeness (QED) is 0.633. The Hall–Kier alpha value is -2.06. The molecule has 4 nitrogen and oxygen atoms in total. The maximum atomic E-state index is 8.70. The van der Waals surface area contributed by atoms with Crippen LogP contribution >= 0.6 is 11.8 Å². The minimum Gasteiger partial charge on any atom is -0.305 e. The number of hydrogen-bond acceptors (Lipinski definition) is 4. The molecule has 0 aliphatic rings. The van der Waals surface area contributed by atoms with Gasteiger partial charge in [0.2, 0.25) is 0 Å². The molecule has 2 aromatic rings. The average Bonchev–Trinajstić information content (AvgIpc) is 2.78. The van der Waals surface area contributed by atoms with Crippen LogP contribution in [-0.2, 0) is 7.05 Å². The summed E-state index contributed by atoms with van der Waals surface area (Å²) >= 11 is 1.47. The van der Waals surface area contributed by atoms with Crippen molar-refractivity contribution in [2.75, 3.05) is 5.75 Å². The zero-order chi connectivity index (χ0) is 13.8. The SMILES string of the molecule is C=C(C#N)CSc1nnc(-c2ccccc2C)n1C. The van der Waals surface area contributed by atoms with Gasteiger partial charge in [0.1, 0.15) is 0 Å². The van der Waals surface area contributed by atoms with E-state index in [9.17, 15) is 0 Å². The van der Waals surface area contributed by atoms with Gasteiger partial charge in [0.25, 0.3) is 0 Å². The number of nitriles is 1. The van der Waals surface area contributed by atoms with Gasteiger partial charge < -0.3 is 4.57 Å². The minimum atomic E-state index is 0.533. The van der Waals surface area contributed by atoms with Gasteiger partial charge >= 0.3 is 0 Å². The van der Waals surface area contributed by atoms with Gasteiger partial charge in [0.15, 0.2) is 11.0 Å². The molecule has 1 aromatic heterocycles. The molecule has 1 aromatic carbocycles. The molecule has 1 heterocycles.